The highest BCUT2D eigenvalue weighted by atomic mass is 35.5. The number of nitrogens with one attached hydrogen (secondary N) is 3. The summed E-state index contributed by atoms with van der Waals surface area (Å²) in [6.45, 7) is 12.6. The fraction of sp³-hybridized carbons (Fsp3) is 0.492. The molecule has 0 aliphatic carbocycles. The Hall–Kier alpha value is -7.13. The molecule has 26 heteroatoms. The maximum absolute atomic E-state index is 14.6. The Morgan fingerprint density at radius 1 is 0.742 bits per heavy atom. The SMILES string of the molecule is C=C(c1ccc(F)cc1)C1CSC([C@H]2CCCN2C(=O)[C@H](NC(=O)[C@@H](C)NC)C2CCN(C(=O)CCOCCOCCOCCOCCC(=O)N3CCN(C(=O)c4ccc(NC(=O)c5cnc(N)c(O[C@H](C)c6c(F)ccc(Cl)c6F)c5)cc4)CC3)CC2)=N1. The maximum atomic E-state index is 14.6. The number of hydrogen-bond acceptors (Lipinski definition) is 16. The Bertz CT molecular complexity index is 3150. The van der Waals surface area contributed by atoms with E-state index in [4.69, 9.17) is 46.0 Å². The fourth-order valence-corrected chi connectivity index (χ4v) is 12.2. The van der Waals surface area contributed by atoms with Crippen molar-refractivity contribution in [2.75, 3.05) is 123 Å². The molecule has 5 N–H and O–H groups in total. The van der Waals surface area contributed by atoms with Gasteiger partial charge in [0.2, 0.25) is 23.6 Å². The summed E-state index contributed by atoms with van der Waals surface area (Å²) in [7, 11) is 1.70. The number of likely N-dealkylation sites (N-methyl/N-ethyl adjacent to an activating group) is 1. The topological polar surface area (TPSA) is 249 Å². The largest absolute Gasteiger partial charge is 0.482 e. The third kappa shape index (κ3) is 18.5. The second kappa shape index (κ2) is 33.1. The number of nitrogen functional groups attached to an aromatic ring is 1. The Balaban J connectivity index is 0.641. The van der Waals surface area contributed by atoms with E-state index in [0.29, 0.717) is 115 Å². The molecule has 3 aromatic carbocycles. The molecule has 1 unspecified atom stereocenters. The van der Waals surface area contributed by atoms with Gasteiger partial charge in [-0.25, -0.2) is 18.2 Å². The van der Waals surface area contributed by atoms with Gasteiger partial charge in [0.05, 0.1) is 105 Å². The highest BCUT2D eigenvalue weighted by Gasteiger charge is 2.43. The monoisotopic (exact) mass is 1270 g/mol. The van der Waals surface area contributed by atoms with E-state index >= 15 is 0 Å². The molecular weight excluding hydrogens is 1200 g/mol. The van der Waals surface area contributed by atoms with Crippen LogP contribution in [0.1, 0.15) is 90.3 Å². The van der Waals surface area contributed by atoms with Crippen LogP contribution in [0.2, 0.25) is 5.02 Å². The number of piperidine rings is 1. The zero-order valence-corrected chi connectivity index (χ0v) is 51.9. The first-order valence-corrected chi connectivity index (χ1v) is 31.3. The van der Waals surface area contributed by atoms with Crippen LogP contribution < -0.4 is 26.4 Å². The summed E-state index contributed by atoms with van der Waals surface area (Å²) in [5, 5.41) is 9.34. The predicted octanol–water partition coefficient (Wildman–Crippen LogP) is 6.81. The number of pyridine rings is 1. The minimum atomic E-state index is -1.16. The lowest BCUT2D eigenvalue weighted by Crippen LogP contribution is -2.58. The minimum Gasteiger partial charge on any atom is -0.482 e. The van der Waals surface area contributed by atoms with E-state index in [0.717, 1.165) is 41.2 Å². The number of likely N-dealkylation sites (tertiary alicyclic amines) is 2. The van der Waals surface area contributed by atoms with Crippen molar-refractivity contribution in [3.8, 4) is 5.75 Å². The number of nitrogens with two attached hydrogens (primary N) is 1. The van der Waals surface area contributed by atoms with Crippen LogP contribution in [0, 0.1) is 23.4 Å². The molecule has 0 spiro atoms. The Morgan fingerprint density at radius 3 is 1.94 bits per heavy atom. The number of carbonyl (C=O) groups excluding carboxylic acids is 6. The number of piperazine rings is 1. The Labute approximate surface area is 525 Å². The third-order valence-corrected chi connectivity index (χ3v) is 17.6. The van der Waals surface area contributed by atoms with Crippen molar-refractivity contribution in [2.24, 2.45) is 10.9 Å². The fourth-order valence-electron chi connectivity index (χ4n) is 10.8. The second-order valence-corrected chi connectivity index (χ2v) is 23.5. The van der Waals surface area contributed by atoms with Gasteiger partial charge in [-0.2, -0.15) is 0 Å². The number of aliphatic imine (C=N–C) groups is 1. The van der Waals surface area contributed by atoms with Gasteiger partial charge in [0.15, 0.2) is 17.4 Å². The molecule has 1 aromatic heterocycles. The lowest BCUT2D eigenvalue weighted by atomic mass is 9.88. The van der Waals surface area contributed by atoms with Crippen molar-refractivity contribution >= 4 is 80.9 Å². The van der Waals surface area contributed by atoms with Crippen LogP contribution in [0.3, 0.4) is 0 Å². The zero-order valence-electron chi connectivity index (χ0n) is 50.3. The van der Waals surface area contributed by atoms with E-state index in [1.165, 1.54) is 31.3 Å². The summed E-state index contributed by atoms with van der Waals surface area (Å²) in [5.74, 6) is -3.16. The second-order valence-electron chi connectivity index (χ2n) is 22.0. The standard InChI is InChI=1S/C63H78ClF3N10O11S/c1-39(42-7-11-46(65)12-8-42)50-38-89-61(72-50)51-6-5-21-77(51)63(83)57(73-59(80)40(2)69-4)43-17-22-74(23-18-43)53(78)19-28-84-30-32-86-34-35-87-33-31-85-29-20-54(79)75-24-26-76(27-25-75)62(82)44-9-13-47(14-10-44)71-60(81)45-36-52(58(68)70-37-45)88-41(3)55-49(66)16-15-48(64)56(55)67/h7-16,36-37,40-41,43,50-51,57,69H,1,5-6,17-35,38H2,2-4H3,(H2,68,70)(H,71,81)(H,73,80)/t40-,41-,50?,51-,57-/m1/s1. The van der Waals surface area contributed by atoms with Gasteiger partial charge in [-0.05, 0) is 118 Å². The number of anilines is 2. The summed E-state index contributed by atoms with van der Waals surface area (Å²) >= 11 is 7.45. The van der Waals surface area contributed by atoms with E-state index in [1.54, 1.807) is 76.8 Å². The highest BCUT2D eigenvalue weighted by Crippen LogP contribution is 2.36. The molecule has 3 saturated heterocycles. The Kier molecular flexibility index (Phi) is 25.2. The number of nitrogens with zero attached hydrogens (tertiary/aromatic N) is 6. The first-order chi connectivity index (χ1) is 42.9. The average molecular weight is 1280 g/mol. The number of rotatable bonds is 29. The van der Waals surface area contributed by atoms with Gasteiger partial charge in [0.1, 0.15) is 23.8 Å². The van der Waals surface area contributed by atoms with Crippen molar-refractivity contribution in [1.82, 2.24) is 35.2 Å². The van der Waals surface area contributed by atoms with Gasteiger partial charge in [0, 0.05) is 69.0 Å². The number of amides is 6. The molecule has 4 aromatic rings. The number of carbonyl (C=O) groups is 6. The summed E-state index contributed by atoms with van der Waals surface area (Å²) < 4.78 is 70.9. The van der Waals surface area contributed by atoms with Gasteiger partial charge >= 0.3 is 0 Å². The van der Waals surface area contributed by atoms with Gasteiger partial charge in [0.25, 0.3) is 11.8 Å². The third-order valence-electron chi connectivity index (χ3n) is 16.1. The van der Waals surface area contributed by atoms with Gasteiger partial charge in [-0.1, -0.05) is 30.3 Å². The number of thioether (sulfide) groups is 1. The van der Waals surface area contributed by atoms with E-state index in [1.807, 2.05) is 4.90 Å². The predicted molar refractivity (Wildman–Crippen MR) is 332 cm³/mol. The van der Waals surface area contributed by atoms with Crippen LogP contribution in [-0.4, -0.2) is 201 Å². The molecule has 0 bridgehead atoms. The Morgan fingerprint density at radius 2 is 1.33 bits per heavy atom. The summed E-state index contributed by atoms with van der Waals surface area (Å²) in [6, 6.07) is 14.3. The lowest BCUT2D eigenvalue weighted by Gasteiger charge is -2.38. The molecular formula is C63H78ClF3N10O11S. The van der Waals surface area contributed by atoms with Crippen molar-refractivity contribution in [2.45, 2.75) is 82.6 Å². The van der Waals surface area contributed by atoms with Gasteiger partial charge < -0.3 is 65.0 Å². The zero-order chi connectivity index (χ0) is 63.6. The lowest BCUT2D eigenvalue weighted by molar-refractivity contribution is -0.140. The van der Waals surface area contributed by atoms with Crippen molar-refractivity contribution in [3.05, 3.63) is 124 Å². The van der Waals surface area contributed by atoms with E-state index < -0.39 is 41.3 Å². The summed E-state index contributed by atoms with van der Waals surface area (Å²) in [6.07, 6.45) is 3.11. The molecule has 480 valence electrons. The summed E-state index contributed by atoms with van der Waals surface area (Å²) in [5.41, 5.74) is 7.99. The highest BCUT2D eigenvalue weighted by molar-refractivity contribution is 8.14. The normalized spacial score (nSPS) is 18.1. The molecule has 21 nitrogen and oxygen atoms in total. The first-order valence-electron chi connectivity index (χ1n) is 30.0. The molecule has 0 saturated carbocycles. The number of aromatic nitrogens is 1. The minimum absolute atomic E-state index is 0.0426. The van der Waals surface area contributed by atoms with Crippen LogP contribution in [0.4, 0.5) is 24.7 Å². The molecule has 4 aliphatic heterocycles. The quantitative estimate of drug-likeness (QED) is 0.0322. The number of hydrogen-bond donors (Lipinski definition) is 4. The van der Waals surface area contributed by atoms with Crippen molar-refractivity contribution in [3.63, 3.8) is 0 Å². The smallest absolute Gasteiger partial charge is 0.257 e. The molecule has 0 radical (unpaired) electrons. The molecule has 4 aliphatic rings. The van der Waals surface area contributed by atoms with Crippen LogP contribution >= 0.6 is 23.4 Å². The van der Waals surface area contributed by atoms with E-state index in [9.17, 15) is 41.9 Å². The number of ether oxygens (including phenoxy) is 5. The molecule has 89 heavy (non-hydrogen) atoms. The number of benzene rings is 3. The first kappa shape index (κ1) is 67.8. The number of halogens is 4. The van der Waals surface area contributed by atoms with Gasteiger partial charge in [-0.3, -0.25) is 33.8 Å². The average Bonchev–Trinajstić information content (AvgIpc) is 3.53. The van der Waals surface area contributed by atoms with Crippen molar-refractivity contribution in [1.29, 1.82) is 0 Å². The van der Waals surface area contributed by atoms with Crippen LogP contribution in [-0.2, 0) is 38.1 Å². The van der Waals surface area contributed by atoms with Crippen LogP contribution in [0.25, 0.3) is 5.57 Å². The summed E-state index contributed by atoms with van der Waals surface area (Å²) in [4.78, 5) is 96.4. The van der Waals surface area contributed by atoms with E-state index in [-0.39, 0.29) is 102 Å². The maximum Gasteiger partial charge on any atom is 0.257 e. The molecule has 5 atom stereocenters. The molecule has 5 heterocycles. The molecule has 8 rings (SSSR count). The molecule has 3 fully saturated rings. The van der Waals surface area contributed by atoms with Crippen LogP contribution in [0.15, 0.2) is 84.5 Å². The van der Waals surface area contributed by atoms with Gasteiger partial charge in [-0.15, -0.1) is 11.8 Å². The van der Waals surface area contributed by atoms with E-state index in [2.05, 4.69) is 27.5 Å². The molecule has 6 amide bonds. The van der Waals surface area contributed by atoms with Crippen molar-refractivity contribution < 1.29 is 65.6 Å². The van der Waals surface area contributed by atoms with Crippen LogP contribution in [0.5, 0.6) is 5.75 Å².